The van der Waals surface area contributed by atoms with E-state index in [9.17, 15) is 4.39 Å². The zero-order valence-corrected chi connectivity index (χ0v) is 8.26. The molecule has 1 aromatic carbocycles. The second-order valence-electron chi connectivity index (χ2n) is 3.07. The fourth-order valence-corrected chi connectivity index (χ4v) is 1.13. The zero-order valence-electron chi connectivity index (χ0n) is 8.26. The van der Waals surface area contributed by atoms with E-state index < -0.39 is 0 Å². The maximum absolute atomic E-state index is 13.3. The van der Waals surface area contributed by atoms with Crippen LogP contribution in [0.5, 0.6) is 0 Å². The molecule has 0 bridgehead atoms. The topological polar surface area (TPSA) is 0 Å². The first-order valence-corrected chi connectivity index (χ1v) is 4.70. The summed E-state index contributed by atoms with van der Waals surface area (Å²) in [5.41, 5.74) is 1.17. The molecule has 0 heterocycles. The highest BCUT2D eigenvalue weighted by atomic mass is 19.1. The fourth-order valence-electron chi connectivity index (χ4n) is 1.13. The molecule has 0 aliphatic heterocycles. The van der Waals surface area contributed by atoms with Gasteiger partial charge in [-0.15, -0.1) is 6.42 Å². The van der Waals surface area contributed by atoms with Crippen molar-refractivity contribution < 1.29 is 4.39 Å². The third kappa shape index (κ3) is 2.74. The molecule has 0 spiro atoms. The van der Waals surface area contributed by atoms with Gasteiger partial charge in [0, 0.05) is 11.1 Å². The first-order chi connectivity index (χ1) is 6.77. The van der Waals surface area contributed by atoms with E-state index in [-0.39, 0.29) is 5.82 Å². The standard InChI is InChI=1S/C13H13F/c1-3-5-6-7-12-9-8-11(4-2)10-13(12)14/h2,6-10H,3,5H2,1H3/b7-6+. The first-order valence-electron chi connectivity index (χ1n) is 4.70. The van der Waals surface area contributed by atoms with Crippen LogP contribution in [0.2, 0.25) is 0 Å². The van der Waals surface area contributed by atoms with Gasteiger partial charge in [0.2, 0.25) is 0 Å². The van der Waals surface area contributed by atoms with Gasteiger partial charge in [-0.3, -0.25) is 0 Å². The number of benzene rings is 1. The minimum atomic E-state index is -0.257. The van der Waals surface area contributed by atoms with Crippen LogP contribution in [-0.4, -0.2) is 0 Å². The van der Waals surface area contributed by atoms with E-state index in [1.165, 1.54) is 6.07 Å². The lowest BCUT2D eigenvalue weighted by atomic mass is 10.1. The molecule has 0 atom stereocenters. The van der Waals surface area contributed by atoms with Gasteiger partial charge in [0.1, 0.15) is 5.82 Å². The van der Waals surface area contributed by atoms with Gasteiger partial charge in [-0.2, -0.15) is 0 Å². The highest BCUT2D eigenvalue weighted by molar-refractivity contribution is 5.52. The molecule has 0 nitrogen and oxygen atoms in total. The molecule has 14 heavy (non-hydrogen) atoms. The van der Waals surface area contributed by atoms with Crippen molar-refractivity contribution in [1.82, 2.24) is 0 Å². The van der Waals surface area contributed by atoms with Crippen LogP contribution < -0.4 is 0 Å². The second kappa shape index (κ2) is 5.24. The lowest BCUT2D eigenvalue weighted by molar-refractivity contribution is 0.624. The van der Waals surface area contributed by atoms with Crippen LogP contribution in [0.25, 0.3) is 6.08 Å². The normalized spacial score (nSPS) is 10.4. The van der Waals surface area contributed by atoms with Crippen molar-refractivity contribution in [3.63, 3.8) is 0 Å². The average Bonchev–Trinajstić information content (AvgIpc) is 2.20. The van der Waals surface area contributed by atoms with Gasteiger partial charge in [0.25, 0.3) is 0 Å². The van der Waals surface area contributed by atoms with Gasteiger partial charge >= 0.3 is 0 Å². The third-order valence-electron chi connectivity index (χ3n) is 1.92. The molecule has 0 fully saturated rings. The van der Waals surface area contributed by atoms with E-state index in [1.54, 1.807) is 18.2 Å². The van der Waals surface area contributed by atoms with Gasteiger partial charge in [0.05, 0.1) is 0 Å². The molecule has 0 saturated carbocycles. The molecule has 0 amide bonds. The summed E-state index contributed by atoms with van der Waals surface area (Å²) in [5, 5.41) is 0. The van der Waals surface area contributed by atoms with Crippen LogP contribution in [-0.2, 0) is 0 Å². The van der Waals surface area contributed by atoms with Gasteiger partial charge in [0.15, 0.2) is 0 Å². The highest BCUT2D eigenvalue weighted by Gasteiger charge is 1.98. The summed E-state index contributed by atoms with van der Waals surface area (Å²) < 4.78 is 13.3. The van der Waals surface area contributed by atoms with Crippen molar-refractivity contribution in [2.24, 2.45) is 0 Å². The smallest absolute Gasteiger partial charge is 0.131 e. The largest absolute Gasteiger partial charge is 0.206 e. The molecular formula is C13H13F. The summed E-state index contributed by atoms with van der Waals surface area (Å²) in [6.45, 7) is 2.09. The Labute approximate surface area is 84.5 Å². The molecule has 0 radical (unpaired) electrons. The minimum absolute atomic E-state index is 0.257. The van der Waals surface area contributed by atoms with Gasteiger partial charge in [-0.25, -0.2) is 4.39 Å². The predicted octanol–water partition coefficient (Wildman–Crippen LogP) is 3.62. The second-order valence-corrected chi connectivity index (χ2v) is 3.07. The number of allylic oxidation sites excluding steroid dienone is 1. The van der Waals surface area contributed by atoms with Crippen molar-refractivity contribution in [3.05, 3.63) is 41.2 Å². The van der Waals surface area contributed by atoms with Crippen molar-refractivity contribution in [2.45, 2.75) is 19.8 Å². The van der Waals surface area contributed by atoms with Crippen LogP contribution in [0.4, 0.5) is 4.39 Å². The van der Waals surface area contributed by atoms with E-state index in [1.807, 2.05) is 6.08 Å². The molecule has 0 aliphatic rings. The summed E-state index contributed by atoms with van der Waals surface area (Å²) in [7, 11) is 0. The minimum Gasteiger partial charge on any atom is -0.206 e. The SMILES string of the molecule is C#Cc1ccc(/C=C/CCC)c(F)c1. The Balaban J connectivity index is 2.85. The van der Waals surface area contributed by atoms with Crippen molar-refractivity contribution in [1.29, 1.82) is 0 Å². The van der Waals surface area contributed by atoms with E-state index in [4.69, 9.17) is 6.42 Å². The molecular weight excluding hydrogens is 175 g/mol. The van der Waals surface area contributed by atoms with Crippen LogP contribution in [0.15, 0.2) is 24.3 Å². The van der Waals surface area contributed by atoms with E-state index >= 15 is 0 Å². The monoisotopic (exact) mass is 188 g/mol. The number of rotatable bonds is 3. The number of hydrogen-bond acceptors (Lipinski definition) is 0. The maximum Gasteiger partial charge on any atom is 0.131 e. The van der Waals surface area contributed by atoms with E-state index in [0.717, 1.165) is 12.8 Å². The van der Waals surface area contributed by atoms with E-state index in [0.29, 0.717) is 11.1 Å². The number of terminal acetylenes is 1. The first kappa shape index (κ1) is 10.5. The number of hydrogen-bond donors (Lipinski definition) is 0. The summed E-state index contributed by atoms with van der Waals surface area (Å²) in [6.07, 6.45) is 11.0. The molecule has 0 saturated heterocycles. The summed E-state index contributed by atoms with van der Waals surface area (Å²) in [5.74, 6) is 2.14. The highest BCUT2D eigenvalue weighted by Crippen LogP contribution is 2.12. The van der Waals surface area contributed by atoms with Gasteiger partial charge < -0.3 is 0 Å². The third-order valence-corrected chi connectivity index (χ3v) is 1.92. The Kier molecular flexibility index (Phi) is 3.94. The quantitative estimate of drug-likeness (QED) is 0.635. The Morgan fingerprint density at radius 3 is 2.86 bits per heavy atom. The molecule has 1 rings (SSSR count). The predicted molar refractivity (Wildman–Crippen MR) is 58.3 cm³/mol. The Bertz CT molecular complexity index is 369. The average molecular weight is 188 g/mol. The summed E-state index contributed by atoms with van der Waals surface area (Å²) in [4.78, 5) is 0. The Morgan fingerprint density at radius 1 is 1.50 bits per heavy atom. The summed E-state index contributed by atoms with van der Waals surface area (Å²) >= 11 is 0. The maximum atomic E-state index is 13.3. The van der Waals surface area contributed by atoms with Crippen molar-refractivity contribution >= 4 is 6.08 Å². The van der Waals surface area contributed by atoms with Gasteiger partial charge in [-0.1, -0.05) is 37.5 Å². The molecule has 0 aromatic heterocycles. The molecule has 72 valence electrons. The van der Waals surface area contributed by atoms with E-state index in [2.05, 4.69) is 12.8 Å². The molecule has 0 unspecified atom stereocenters. The zero-order chi connectivity index (χ0) is 10.4. The van der Waals surface area contributed by atoms with Crippen molar-refractivity contribution in [2.75, 3.05) is 0 Å². The van der Waals surface area contributed by atoms with Crippen LogP contribution in [0.1, 0.15) is 30.9 Å². The van der Waals surface area contributed by atoms with Crippen LogP contribution >= 0.6 is 0 Å². The van der Waals surface area contributed by atoms with Crippen LogP contribution in [0, 0.1) is 18.2 Å². The number of unbranched alkanes of at least 4 members (excludes halogenated alkanes) is 1. The van der Waals surface area contributed by atoms with Crippen molar-refractivity contribution in [3.8, 4) is 12.3 Å². The summed E-state index contributed by atoms with van der Waals surface area (Å²) in [6, 6.07) is 4.83. The molecule has 0 aliphatic carbocycles. The number of halogens is 1. The Hall–Kier alpha value is -1.55. The molecule has 0 N–H and O–H groups in total. The lowest BCUT2D eigenvalue weighted by Gasteiger charge is -1.97. The Morgan fingerprint density at radius 2 is 2.29 bits per heavy atom. The van der Waals surface area contributed by atoms with Crippen LogP contribution in [0.3, 0.4) is 0 Å². The fraction of sp³-hybridized carbons (Fsp3) is 0.231. The molecule has 1 heteroatoms. The molecule has 1 aromatic rings. The van der Waals surface area contributed by atoms with Gasteiger partial charge in [-0.05, 0) is 18.6 Å². The lowest BCUT2D eigenvalue weighted by Crippen LogP contribution is -1.83.